The van der Waals surface area contributed by atoms with Gasteiger partial charge in [0.2, 0.25) is 0 Å². The molecule has 2 atom stereocenters. The zero-order valence-electron chi connectivity index (χ0n) is 20.3. The lowest BCUT2D eigenvalue weighted by molar-refractivity contribution is -0.173. The maximum Gasteiger partial charge on any atom is 0.471 e. The lowest BCUT2D eigenvalue weighted by atomic mass is 10.1. The van der Waals surface area contributed by atoms with Crippen LogP contribution in [0.5, 0.6) is 0 Å². The molecule has 1 unspecified atom stereocenters. The highest BCUT2D eigenvalue weighted by molar-refractivity contribution is 5.87. The number of unbranched alkanes of at least 4 members (excludes halogenated alkanes) is 1. The number of hydrogen-bond donors (Lipinski definition) is 3. The van der Waals surface area contributed by atoms with Gasteiger partial charge in [-0.1, -0.05) is 38.0 Å². The first kappa shape index (κ1) is 33.2. The number of ether oxygens (including phenoxy) is 3. The summed E-state index contributed by atoms with van der Waals surface area (Å²) >= 11 is 0. The van der Waals surface area contributed by atoms with Crippen molar-refractivity contribution in [3.05, 3.63) is 38.0 Å². The van der Waals surface area contributed by atoms with E-state index in [2.05, 4.69) is 30.4 Å². The van der Waals surface area contributed by atoms with Gasteiger partial charge in [0.25, 0.3) is 0 Å². The Bertz CT molecular complexity index is 818. The van der Waals surface area contributed by atoms with Gasteiger partial charge in [0.15, 0.2) is 0 Å². The van der Waals surface area contributed by atoms with Gasteiger partial charge in [-0.15, -0.1) is 0 Å². The van der Waals surface area contributed by atoms with Gasteiger partial charge >= 0.3 is 36.0 Å². The average Bonchev–Trinajstić information content (AvgIpc) is 2.85. The minimum absolute atomic E-state index is 0.0350. The van der Waals surface area contributed by atoms with Crippen molar-refractivity contribution in [2.45, 2.75) is 50.4 Å². The second kappa shape index (κ2) is 18.4. The molecule has 0 heterocycles. The molecule has 3 N–H and O–H groups in total. The van der Waals surface area contributed by atoms with Crippen LogP contribution < -0.4 is 16.0 Å². The summed E-state index contributed by atoms with van der Waals surface area (Å²) < 4.78 is 51.4. The minimum atomic E-state index is -5.01. The lowest BCUT2D eigenvalue weighted by Crippen LogP contribution is -2.52. The predicted molar refractivity (Wildman–Crippen MR) is 125 cm³/mol. The smallest absolute Gasteiger partial charge is 0.461 e. The molecule has 0 saturated carbocycles. The molecule has 37 heavy (non-hydrogen) atoms. The first-order chi connectivity index (χ1) is 17.5. The summed E-state index contributed by atoms with van der Waals surface area (Å²) in [6.45, 7) is 9.56. The summed E-state index contributed by atoms with van der Waals surface area (Å²) in [4.78, 5) is 59.7. The highest BCUT2D eigenvalue weighted by Gasteiger charge is 2.38. The lowest BCUT2D eigenvalue weighted by Gasteiger charge is -2.21. The van der Waals surface area contributed by atoms with Crippen LogP contribution in [0.4, 0.5) is 18.0 Å². The number of alkyl halides is 3. The van der Waals surface area contributed by atoms with Gasteiger partial charge in [0, 0.05) is 13.0 Å². The molecule has 0 aliphatic rings. The van der Waals surface area contributed by atoms with Crippen LogP contribution in [0.3, 0.4) is 0 Å². The number of carbonyl (C=O) groups is 5. The van der Waals surface area contributed by atoms with Crippen molar-refractivity contribution in [3.63, 3.8) is 0 Å². The molecule has 208 valence electrons. The van der Waals surface area contributed by atoms with E-state index in [-0.39, 0.29) is 58.5 Å². The molecule has 0 rings (SSSR count). The number of amides is 3. The topological polar surface area (TPSA) is 149 Å². The highest BCUT2D eigenvalue weighted by Crippen LogP contribution is 2.14. The van der Waals surface area contributed by atoms with Crippen molar-refractivity contribution in [3.8, 4) is 0 Å². The molecule has 0 fully saturated rings. The van der Waals surface area contributed by atoms with Crippen LogP contribution >= 0.6 is 0 Å². The van der Waals surface area contributed by atoms with Crippen LogP contribution in [-0.4, -0.2) is 74.5 Å². The van der Waals surface area contributed by atoms with E-state index in [1.165, 1.54) is 18.2 Å². The van der Waals surface area contributed by atoms with Crippen molar-refractivity contribution in [2.75, 3.05) is 26.4 Å². The fourth-order valence-corrected chi connectivity index (χ4v) is 2.60. The SMILES string of the molecule is C=CCOC(=O)CCC(NC(=O)N[C@@H](CCCCNC(=O)C(F)(F)F)C(=O)OCC=C)C(=O)OCC=C. The van der Waals surface area contributed by atoms with Gasteiger partial charge in [0.1, 0.15) is 31.9 Å². The minimum Gasteiger partial charge on any atom is -0.461 e. The number of rotatable bonds is 18. The fourth-order valence-electron chi connectivity index (χ4n) is 2.60. The summed E-state index contributed by atoms with van der Waals surface area (Å²) in [5.74, 6) is -4.45. The molecule has 0 aliphatic heterocycles. The van der Waals surface area contributed by atoms with Gasteiger partial charge in [-0.2, -0.15) is 13.2 Å². The zero-order valence-corrected chi connectivity index (χ0v) is 20.3. The van der Waals surface area contributed by atoms with Crippen molar-refractivity contribution in [2.24, 2.45) is 0 Å². The molecule has 3 amide bonds. The van der Waals surface area contributed by atoms with Crippen LogP contribution in [0, 0.1) is 0 Å². The van der Waals surface area contributed by atoms with Gasteiger partial charge in [-0.3, -0.25) is 9.59 Å². The Morgan fingerprint density at radius 1 is 0.757 bits per heavy atom. The third-order valence-electron chi connectivity index (χ3n) is 4.33. The van der Waals surface area contributed by atoms with Crippen molar-refractivity contribution in [1.29, 1.82) is 0 Å². The molecule has 0 saturated heterocycles. The number of urea groups is 1. The van der Waals surface area contributed by atoms with Crippen LogP contribution in [0.2, 0.25) is 0 Å². The molecule has 0 bridgehead atoms. The third kappa shape index (κ3) is 15.7. The summed E-state index contributed by atoms with van der Waals surface area (Å²) in [5.41, 5.74) is 0. The number of hydrogen-bond acceptors (Lipinski definition) is 8. The standard InChI is InChI=1S/C23H32F3N3O8/c1-4-13-35-18(30)11-10-17(20(32)37-15-6-3)29-22(34)28-16(19(31)36-14-5-2)9-7-8-12-27-21(33)23(24,25)26/h4-6,16-17H,1-3,7-15H2,(H,27,33)(H2,28,29,34)/t16-,17?/m0/s1. The second-order valence-corrected chi connectivity index (χ2v) is 7.32. The molecule has 11 nitrogen and oxygen atoms in total. The highest BCUT2D eigenvalue weighted by atomic mass is 19.4. The number of halogens is 3. The zero-order chi connectivity index (χ0) is 28.3. The Morgan fingerprint density at radius 3 is 1.73 bits per heavy atom. The summed E-state index contributed by atoms with van der Waals surface area (Å²) in [7, 11) is 0. The Kier molecular flexibility index (Phi) is 16.5. The molecule has 0 aromatic rings. The molecule has 0 aliphatic carbocycles. The molecule has 0 aromatic heterocycles. The molecular weight excluding hydrogens is 503 g/mol. The predicted octanol–water partition coefficient (Wildman–Crippen LogP) is 1.84. The van der Waals surface area contributed by atoms with E-state index in [0.717, 1.165) is 0 Å². The van der Waals surface area contributed by atoms with E-state index in [1.807, 2.05) is 0 Å². The van der Waals surface area contributed by atoms with E-state index in [4.69, 9.17) is 14.2 Å². The summed E-state index contributed by atoms with van der Waals surface area (Å²) in [5, 5.41) is 6.34. The summed E-state index contributed by atoms with van der Waals surface area (Å²) in [6.07, 6.45) is -1.33. The van der Waals surface area contributed by atoms with Crippen molar-refractivity contribution in [1.82, 2.24) is 16.0 Å². The molecule has 0 aromatic carbocycles. The third-order valence-corrected chi connectivity index (χ3v) is 4.33. The van der Waals surface area contributed by atoms with Crippen LogP contribution in [0.25, 0.3) is 0 Å². The average molecular weight is 536 g/mol. The molecule has 0 spiro atoms. The van der Waals surface area contributed by atoms with E-state index >= 15 is 0 Å². The Morgan fingerprint density at radius 2 is 1.24 bits per heavy atom. The number of esters is 3. The maximum absolute atomic E-state index is 12.5. The van der Waals surface area contributed by atoms with Crippen LogP contribution in [0.1, 0.15) is 32.1 Å². The van der Waals surface area contributed by atoms with E-state index in [0.29, 0.717) is 0 Å². The largest absolute Gasteiger partial charge is 0.471 e. The first-order valence-electron chi connectivity index (χ1n) is 11.2. The van der Waals surface area contributed by atoms with Crippen molar-refractivity contribution < 1.29 is 51.4 Å². The van der Waals surface area contributed by atoms with Crippen LogP contribution in [0.15, 0.2) is 38.0 Å². The molecule has 0 radical (unpaired) electrons. The maximum atomic E-state index is 12.5. The van der Waals surface area contributed by atoms with Crippen molar-refractivity contribution >= 4 is 29.8 Å². The summed E-state index contributed by atoms with van der Waals surface area (Å²) in [6, 6.07) is -3.48. The Hall–Kier alpha value is -3.84. The second-order valence-electron chi connectivity index (χ2n) is 7.32. The van der Waals surface area contributed by atoms with Gasteiger partial charge in [-0.25, -0.2) is 14.4 Å². The Balaban J connectivity index is 5.10. The monoisotopic (exact) mass is 535 g/mol. The van der Waals surface area contributed by atoms with E-state index < -0.39 is 48.1 Å². The molecular formula is C23H32F3N3O8. The van der Waals surface area contributed by atoms with Crippen LogP contribution in [-0.2, 0) is 33.4 Å². The number of nitrogens with one attached hydrogen (secondary N) is 3. The quantitative estimate of drug-likeness (QED) is 0.104. The van der Waals surface area contributed by atoms with Gasteiger partial charge in [-0.05, 0) is 25.7 Å². The first-order valence-corrected chi connectivity index (χ1v) is 11.2. The van der Waals surface area contributed by atoms with Gasteiger partial charge < -0.3 is 30.2 Å². The Labute approximate surface area is 212 Å². The van der Waals surface area contributed by atoms with E-state index in [9.17, 15) is 37.1 Å². The number of carbonyl (C=O) groups excluding carboxylic acids is 5. The normalized spacial score (nSPS) is 12.2. The van der Waals surface area contributed by atoms with Gasteiger partial charge in [0.05, 0.1) is 0 Å². The molecule has 14 heteroatoms. The van der Waals surface area contributed by atoms with E-state index in [1.54, 1.807) is 5.32 Å². The fraction of sp³-hybridized carbons (Fsp3) is 0.522.